The van der Waals surface area contributed by atoms with Gasteiger partial charge in [-0.1, -0.05) is 32.6 Å². The van der Waals surface area contributed by atoms with Gasteiger partial charge in [-0.2, -0.15) is 0 Å². The lowest BCUT2D eigenvalue weighted by atomic mass is 10.1. The molecule has 0 N–H and O–H groups in total. The van der Waals surface area contributed by atoms with E-state index in [-0.39, 0.29) is 31.1 Å². The van der Waals surface area contributed by atoms with Gasteiger partial charge in [0, 0.05) is 24.5 Å². The van der Waals surface area contributed by atoms with E-state index in [0.717, 1.165) is 19.3 Å². The zero-order valence-corrected chi connectivity index (χ0v) is 16.2. The summed E-state index contributed by atoms with van der Waals surface area (Å²) < 4.78 is 10.3. The van der Waals surface area contributed by atoms with Gasteiger partial charge >= 0.3 is 11.9 Å². The average Bonchev–Trinajstić information content (AvgIpc) is 2.62. The van der Waals surface area contributed by atoms with Crippen LogP contribution in [0.4, 0.5) is 5.69 Å². The highest BCUT2D eigenvalue weighted by Gasteiger charge is 2.12. The minimum atomic E-state index is -0.449. The third kappa shape index (κ3) is 9.72. The zero-order valence-electron chi connectivity index (χ0n) is 16.2. The Bertz CT molecular complexity index is 629. The fraction of sp³-hybridized carbons (Fsp3) is 0.600. The summed E-state index contributed by atoms with van der Waals surface area (Å²) in [4.78, 5) is 33.7. The van der Waals surface area contributed by atoms with Gasteiger partial charge < -0.3 is 9.47 Å². The van der Waals surface area contributed by atoms with Crippen molar-refractivity contribution in [3.8, 4) is 0 Å². The summed E-state index contributed by atoms with van der Waals surface area (Å²) in [6, 6.07) is 4.59. The number of nitro groups is 1. The molecule has 0 atom stereocenters. The van der Waals surface area contributed by atoms with E-state index in [2.05, 4.69) is 6.92 Å². The van der Waals surface area contributed by atoms with Crippen molar-refractivity contribution >= 4 is 17.6 Å². The van der Waals surface area contributed by atoms with Gasteiger partial charge in [0.05, 0.1) is 11.5 Å². The van der Waals surface area contributed by atoms with Crippen LogP contribution in [-0.2, 0) is 25.7 Å². The summed E-state index contributed by atoms with van der Waals surface area (Å²) in [5.41, 5.74) is 1.24. The number of aryl methyl sites for hydroxylation is 1. The molecule has 150 valence electrons. The lowest BCUT2D eigenvalue weighted by Crippen LogP contribution is -2.09. The first kappa shape index (κ1) is 22.6. The molecule has 0 amide bonds. The molecule has 0 aliphatic heterocycles. The van der Waals surface area contributed by atoms with Gasteiger partial charge in [0.25, 0.3) is 5.69 Å². The first-order chi connectivity index (χ1) is 12.9. The van der Waals surface area contributed by atoms with E-state index in [1.54, 1.807) is 19.1 Å². The maximum Gasteiger partial charge on any atom is 0.306 e. The van der Waals surface area contributed by atoms with Gasteiger partial charge in [-0.3, -0.25) is 19.7 Å². The average molecular weight is 379 g/mol. The smallest absolute Gasteiger partial charge is 0.306 e. The van der Waals surface area contributed by atoms with Crippen molar-refractivity contribution in [3.63, 3.8) is 0 Å². The van der Waals surface area contributed by atoms with Gasteiger partial charge in [0.15, 0.2) is 0 Å². The van der Waals surface area contributed by atoms with Crippen LogP contribution >= 0.6 is 0 Å². The van der Waals surface area contributed by atoms with E-state index in [1.165, 1.54) is 18.9 Å². The van der Waals surface area contributed by atoms with Crippen LogP contribution in [0.25, 0.3) is 0 Å². The largest absolute Gasteiger partial charge is 0.466 e. The summed E-state index contributed by atoms with van der Waals surface area (Å²) in [7, 11) is 0. The SMILES string of the molecule is CCCCCCCOC(=O)CCCC(=O)OCc1ccc([N+](=O)[O-])c(C)c1. The monoisotopic (exact) mass is 379 g/mol. The van der Waals surface area contributed by atoms with Crippen LogP contribution in [0.1, 0.15) is 69.4 Å². The number of rotatable bonds is 13. The van der Waals surface area contributed by atoms with Crippen LogP contribution in [0, 0.1) is 17.0 Å². The first-order valence-corrected chi connectivity index (χ1v) is 9.49. The molecule has 0 aliphatic carbocycles. The van der Waals surface area contributed by atoms with Crippen LogP contribution in [0.3, 0.4) is 0 Å². The summed E-state index contributed by atoms with van der Waals surface area (Å²) >= 11 is 0. The van der Waals surface area contributed by atoms with Gasteiger partial charge in [0.1, 0.15) is 6.61 Å². The van der Waals surface area contributed by atoms with Crippen molar-refractivity contribution in [1.29, 1.82) is 0 Å². The molecule has 0 fully saturated rings. The Hall–Kier alpha value is -2.44. The molecule has 0 aromatic heterocycles. The third-order valence-corrected chi connectivity index (χ3v) is 4.13. The van der Waals surface area contributed by atoms with Crippen molar-refractivity contribution in [3.05, 3.63) is 39.4 Å². The first-order valence-electron chi connectivity index (χ1n) is 9.49. The number of hydrogen-bond donors (Lipinski definition) is 0. The van der Waals surface area contributed by atoms with Gasteiger partial charge in [-0.25, -0.2) is 0 Å². The van der Waals surface area contributed by atoms with Crippen LogP contribution in [0.15, 0.2) is 18.2 Å². The zero-order chi connectivity index (χ0) is 20.1. The second-order valence-electron chi connectivity index (χ2n) is 6.53. The van der Waals surface area contributed by atoms with Crippen molar-refractivity contribution in [2.45, 2.75) is 71.8 Å². The molecule has 1 rings (SSSR count). The molecule has 0 aliphatic rings. The Kier molecular flexibility index (Phi) is 10.7. The summed E-state index contributed by atoms with van der Waals surface area (Å²) in [5.74, 6) is -0.692. The number of carbonyl (C=O) groups excluding carboxylic acids is 2. The fourth-order valence-electron chi connectivity index (χ4n) is 2.59. The minimum absolute atomic E-state index is 0.0361. The Morgan fingerprint density at radius 3 is 2.30 bits per heavy atom. The fourth-order valence-corrected chi connectivity index (χ4v) is 2.59. The van der Waals surface area contributed by atoms with Crippen LogP contribution < -0.4 is 0 Å². The van der Waals surface area contributed by atoms with Crippen LogP contribution in [0.2, 0.25) is 0 Å². The Labute approximate surface area is 160 Å². The highest BCUT2D eigenvalue weighted by atomic mass is 16.6. The predicted molar refractivity (Wildman–Crippen MR) is 101 cm³/mol. The van der Waals surface area contributed by atoms with E-state index in [4.69, 9.17) is 9.47 Å². The van der Waals surface area contributed by atoms with Crippen molar-refractivity contribution in [1.82, 2.24) is 0 Å². The van der Waals surface area contributed by atoms with E-state index >= 15 is 0 Å². The van der Waals surface area contributed by atoms with E-state index in [0.29, 0.717) is 24.2 Å². The number of nitrogens with zero attached hydrogens (tertiary/aromatic N) is 1. The van der Waals surface area contributed by atoms with Crippen LogP contribution in [-0.4, -0.2) is 23.5 Å². The lowest BCUT2D eigenvalue weighted by Gasteiger charge is -2.07. The molecular formula is C20H29NO6. The number of unbranched alkanes of at least 4 members (excludes halogenated alkanes) is 4. The highest BCUT2D eigenvalue weighted by molar-refractivity contribution is 5.72. The van der Waals surface area contributed by atoms with E-state index in [1.807, 2.05) is 0 Å². The van der Waals surface area contributed by atoms with E-state index in [9.17, 15) is 19.7 Å². The molecule has 0 bridgehead atoms. The molecule has 27 heavy (non-hydrogen) atoms. The lowest BCUT2D eigenvalue weighted by molar-refractivity contribution is -0.385. The second-order valence-corrected chi connectivity index (χ2v) is 6.53. The molecule has 1 aromatic carbocycles. The summed E-state index contributed by atoms with van der Waals surface area (Å²) in [6.45, 7) is 4.28. The van der Waals surface area contributed by atoms with Crippen molar-refractivity contribution < 1.29 is 24.0 Å². The van der Waals surface area contributed by atoms with Gasteiger partial charge in [-0.05, 0) is 37.5 Å². The summed E-state index contributed by atoms with van der Waals surface area (Å²) in [6.07, 6.45) is 6.20. The normalized spacial score (nSPS) is 10.4. The van der Waals surface area contributed by atoms with Crippen LogP contribution in [0.5, 0.6) is 0 Å². The van der Waals surface area contributed by atoms with E-state index < -0.39 is 10.9 Å². The number of hydrogen-bond acceptors (Lipinski definition) is 6. The highest BCUT2D eigenvalue weighted by Crippen LogP contribution is 2.19. The predicted octanol–water partition coefficient (Wildman–Crippen LogP) is 4.63. The van der Waals surface area contributed by atoms with Gasteiger partial charge in [-0.15, -0.1) is 0 Å². The summed E-state index contributed by atoms with van der Waals surface area (Å²) in [5, 5.41) is 10.8. The molecule has 1 aromatic rings. The topological polar surface area (TPSA) is 95.7 Å². The number of ether oxygens (including phenoxy) is 2. The van der Waals surface area contributed by atoms with Crippen molar-refractivity contribution in [2.24, 2.45) is 0 Å². The minimum Gasteiger partial charge on any atom is -0.466 e. The number of esters is 2. The molecule has 0 unspecified atom stereocenters. The number of benzene rings is 1. The molecule has 0 saturated heterocycles. The molecule has 0 saturated carbocycles. The number of nitro benzene ring substituents is 1. The molecule has 0 heterocycles. The molecular weight excluding hydrogens is 350 g/mol. The Morgan fingerprint density at radius 2 is 1.67 bits per heavy atom. The molecule has 7 heteroatoms. The standard InChI is InChI=1S/C20H29NO6/c1-3-4-5-6-7-13-26-19(22)9-8-10-20(23)27-15-17-11-12-18(21(24)25)16(2)14-17/h11-12,14H,3-10,13,15H2,1-2H3. The van der Waals surface area contributed by atoms with Crippen molar-refractivity contribution in [2.75, 3.05) is 6.61 Å². The Morgan fingerprint density at radius 1 is 1.00 bits per heavy atom. The third-order valence-electron chi connectivity index (χ3n) is 4.13. The molecule has 7 nitrogen and oxygen atoms in total. The quantitative estimate of drug-likeness (QED) is 0.215. The van der Waals surface area contributed by atoms with Gasteiger partial charge in [0.2, 0.25) is 0 Å². The maximum absolute atomic E-state index is 11.7. The molecule has 0 spiro atoms. The maximum atomic E-state index is 11.7. The second kappa shape index (κ2) is 12.8. The Balaban J connectivity index is 2.16. The number of carbonyl (C=O) groups is 2. The molecule has 0 radical (unpaired) electrons.